The molecule has 8 heteroatoms. The predicted octanol–water partition coefficient (Wildman–Crippen LogP) is 3.67. The minimum Gasteiger partial charge on any atom is -0.339 e. The van der Waals surface area contributed by atoms with Crippen LogP contribution in [0.3, 0.4) is 0 Å². The number of carbonyl (C=O) groups excluding carboxylic acids is 1. The van der Waals surface area contributed by atoms with Gasteiger partial charge in [0, 0.05) is 24.6 Å². The van der Waals surface area contributed by atoms with Gasteiger partial charge in [0.1, 0.15) is 17.5 Å². The molecule has 26 heavy (non-hydrogen) atoms. The summed E-state index contributed by atoms with van der Waals surface area (Å²) in [6, 6.07) is 8.65. The number of hydrogen-bond acceptors (Lipinski definition) is 4. The van der Waals surface area contributed by atoms with Gasteiger partial charge in [0.25, 0.3) is 0 Å². The summed E-state index contributed by atoms with van der Waals surface area (Å²) in [6.45, 7) is 0.0873. The van der Waals surface area contributed by atoms with E-state index in [-0.39, 0.29) is 36.3 Å². The SMILES string of the molecule is O=C1CC(c2nc(-c3cccc(F)c3)no2)CN1c1cc(F)ccc1F. The minimum absolute atomic E-state index is 0.0285. The molecule has 0 bridgehead atoms. The van der Waals surface area contributed by atoms with Gasteiger partial charge >= 0.3 is 0 Å². The van der Waals surface area contributed by atoms with Crippen LogP contribution in [-0.2, 0) is 4.79 Å². The van der Waals surface area contributed by atoms with Crippen LogP contribution in [0.15, 0.2) is 47.0 Å². The number of amides is 1. The summed E-state index contributed by atoms with van der Waals surface area (Å²) in [6.07, 6.45) is 0.0285. The zero-order chi connectivity index (χ0) is 18.3. The molecule has 1 aliphatic heterocycles. The summed E-state index contributed by atoms with van der Waals surface area (Å²) in [4.78, 5) is 17.6. The number of benzene rings is 2. The zero-order valence-corrected chi connectivity index (χ0v) is 13.3. The van der Waals surface area contributed by atoms with Crippen LogP contribution in [0.25, 0.3) is 11.4 Å². The average Bonchev–Trinajstić information content (AvgIpc) is 3.24. The molecule has 1 saturated heterocycles. The van der Waals surface area contributed by atoms with Crippen molar-refractivity contribution in [1.82, 2.24) is 10.1 Å². The highest BCUT2D eigenvalue weighted by molar-refractivity contribution is 5.96. The molecule has 0 N–H and O–H groups in total. The van der Waals surface area contributed by atoms with E-state index in [1.165, 1.54) is 18.2 Å². The van der Waals surface area contributed by atoms with Crippen LogP contribution in [0, 0.1) is 17.5 Å². The second-order valence-corrected chi connectivity index (χ2v) is 5.97. The molecule has 0 radical (unpaired) electrons. The number of hydrogen-bond donors (Lipinski definition) is 0. The van der Waals surface area contributed by atoms with Crippen molar-refractivity contribution >= 4 is 11.6 Å². The van der Waals surface area contributed by atoms with E-state index in [1.807, 2.05) is 0 Å². The first-order valence-corrected chi connectivity index (χ1v) is 7.86. The molecule has 1 aliphatic rings. The standard InChI is InChI=1S/C18H12F3N3O2/c19-12-3-1-2-10(6-12)17-22-18(26-23-17)11-7-16(25)24(9-11)15-8-13(20)4-5-14(15)21/h1-6,8,11H,7,9H2. The average molecular weight is 359 g/mol. The number of rotatable bonds is 3. The van der Waals surface area contributed by atoms with Gasteiger partial charge in [-0.05, 0) is 24.3 Å². The Bertz CT molecular complexity index is 989. The van der Waals surface area contributed by atoms with Crippen molar-refractivity contribution in [2.45, 2.75) is 12.3 Å². The third-order valence-corrected chi connectivity index (χ3v) is 4.20. The van der Waals surface area contributed by atoms with Crippen molar-refractivity contribution in [1.29, 1.82) is 0 Å². The van der Waals surface area contributed by atoms with Crippen molar-refractivity contribution in [3.05, 3.63) is 65.8 Å². The zero-order valence-electron chi connectivity index (χ0n) is 13.3. The van der Waals surface area contributed by atoms with E-state index in [9.17, 15) is 18.0 Å². The molecule has 5 nitrogen and oxygen atoms in total. The molecule has 1 atom stereocenters. The molecule has 3 aromatic rings. The molecule has 0 aliphatic carbocycles. The second-order valence-electron chi connectivity index (χ2n) is 5.97. The van der Waals surface area contributed by atoms with Crippen LogP contribution < -0.4 is 4.90 Å². The highest BCUT2D eigenvalue weighted by Crippen LogP contribution is 2.33. The van der Waals surface area contributed by atoms with Crippen LogP contribution >= 0.6 is 0 Å². The first-order chi connectivity index (χ1) is 12.5. The fraction of sp³-hybridized carbons (Fsp3) is 0.167. The fourth-order valence-corrected chi connectivity index (χ4v) is 2.94. The van der Waals surface area contributed by atoms with E-state index in [2.05, 4.69) is 10.1 Å². The molecule has 2 aromatic carbocycles. The molecule has 1 aromatic heterocycles. The summed E-state index contributed by atoms with van der Waals surface area (Å²) in [5.74, 6) is -2.20. The molecule has 1 fully saturated rings. The van der Waals surface area contributed by atoms with Gasteiger partial charge in [-0.15, -0.1) is 0 Å². The third-order valence-electron chi connectivity index (χ3n) is 4.20. The van der Waals surface area contributed by atoms with Crippen LogP contribution in [-0.4, -0.2) is 22.6 Å². The quantitative estimate of drug-likeness (QED) is 0.716. The lowest BCUT2D eigenvalue weighted by molar-refractivity contribution is -0.117. The maximum Gasteiger partial charge on any atom is 0.232 e. The Kier molecular flexibility index (Phi) is 3.95. The van der Waals surface area contributed by atoms with Crippen molar-refractivity contribution < 1.29 is 22.5 Å². The molecule has 0 saturated carbocycles. The van der Waals surface area contributed by atoms with Crippen molar-refractivity contribution in [2.75, 3.05) is 11.4 Å². The Morgan fingerprint density at radius 3 is 2.69 bits per heavy atom. The van der Waals surface area contributed by atoms with E-state index in [0.29, 0.717) is 5.56 Å². The lowest BCUT2D eigenvalue weighted by atomic mass is 10.1. The molecule has 132 valence electrons. The van der Waals surface area contributed by atoms with E-state index in [0.717, 1.165) is 23.1 Å². The summed E-state index contributed by atoms with van der Waals surface area (Å²) >= 11 is 0. The highest BCUT2D eigenvalue weighted by Gasteiger charge is 2.36. The number of anilines is 1. The lowest BCUT2D eigenvalue weighted by Crippen LogP contribution is -2.25. The van der Waals surface area contributed by atoms with E-state index < -0.39 is 23.4 Å². The lowest BCUT2D eigenvalue weighted by Gasteiger charge is -2.16. The van der Waals surface area contributed by atoms with Gasteiger partial charge in [-0.25, -0.2) is 13.2 Å². The summed E-state index contributed by atoms with van der Waals surface area (Å²) in [7, 11) is 0. The summed E-state index contributed by atoms with van der Waals surface area (Å²) in [5, 5.41) is 3.81. The molecule has 1 amide bonds. The minimum atomic E-state index is -0.689. The fourth-order valence-electron chi connectivity index (χ4n) is 2.94. The van der Waals surface area contributed by atoms with Crippen molar-refractivity contribution in [3.63, 3.8) is 0 Å². The van der Waals surface area contributed by atoms with Gasteiger partial charge in [-0.3, -0.25) is 4.79 Å². The van der Waals surface area contributed by atoms with Gasteiger partial charge in [-0.2, -0.15) is 4.98 Å². The highest BCUT2D eigenvalue weighted by atomic mass is 19.1. The van der Waals surface area contributed by atoms with Crippen LogP contribution in [0.1, 0.15) is 18.2 Å². The summed E-state index contributed by atoms with van der Waals surface area (Å²) < 4.78 is 45.9. The Hall–Kier alpha value is -3.16. The van der Waals surface area contributed by atoms with Crippen molar-refractivity contribution in [2.24, 2.45) is 0 Å². The maximum atomic E-state index is 13.9. The number of nitrogens with zero attached hydrogens (tertiary/aromatic N) is 3. The van der Waals surface area contributed by atoms with E-state index in [1.54, 1.807) is 6.07 Å². The topological polar surface area (TPSA) is 59.2 Å². The number of carbonyl (C=O) groups is 1. The Morgan fingerprint density at radius 1 is 1.08 bits per heavy atom. The largest absolute Gasteiger partial charge is 0.339 e. The van der Waals surface area contributed by atoms with E-state index in [4.69, 9.17) is 4.52 Å². The van der Waals surface area contributed by atoms with Crippen LogP contribution in [0.4, 0.5) is 18.9 Å². The van der Waals surface area contributed by atoms with Crippen LogP contribution in [0.5, 0.6) is 0 Å². The first-order valence-electron chi connectivity index (χ1n) is 7.86. The third kappa shape index (κ3) is 2.94. The van der Waals surface area contributed by atoms with Gasteiger partial charge in [0.15, 0.2) is 0 Å². The van der Waals surface area contributed by atoms with Gasteiger partial charge < -0.3 is 9.42 Å². The Labute approximate surface area is 146 Å². The monoisotopic (exact) mass is 359 g/mol. The predicted molar refractivity (Wildman–Crippen MR) is 85.8 cm³/mol. The molecule has 0 spiro atoms. The second kappa shape index (κ2) is 6.29. The maximum absolute atomic E-state index is 13.9. The molecular weight excluding hydrogens is 347 g/mol. The molecule has 1 unspecified atom stereocenters. The van der Waals surface area contributed by atoms with Crippen LogP contribution in [0.2, 0.25) is 0 Å². The first kappa shape index (κ1) is 16.3. The normalized spacial score (nSPS) is 17.1. The Balaban J connectivity index is 1.59. The van der Waals surface area contributed by atoms with Gasteiger partial charge in [0.2, 0.25) is 17.6 Å². The Morgan fingerprint density at radius 2 is 1.88 bits per heavy atom. The van der Waals surface area contributed by atoms with E-state index >= 15 is 0 Å². The molecule has 2 heterocycles. The molecule has 4 rings (SSSR count). The van der Waals surface area contributed by atoms with Crippen molar-refractivity contribution in [3.8, 4) is 11.4 Å². The smallest absolute Gasteiger partial charge is 0.232 e. The number of aromatic nitrogens is 2. The molecular formula is C18H12F3N3O2. The van der Waals surface area contributed by atoms with Gasteiger partial charge in [-0.1, -0.05) is 17.3 Å². The number of halogens is 3. The summed E-state index contributed by atoms with van der Waals surface area (Å²) in [5.41, 5.74) is 0.319. The van der Waals surface area contributed by atoms with Gasteiger partial charge in [0.05, 0.1) is 11.6 Å².